The summed E-state index contributed by atoms with van der Waals surface area (Å²) in [6, 6.07) is 6.61. The molecule has 0 bridgehead atoms. The average Bonchev–Trinajstić information content (AvgIpc) is 2.80. The molecular formula is C15H21F2NO3S. The molecule has 2 rings (SSSR count). The van der Waals surface area contributed by atoms with Gasteiger partial charge in [-0.25, -0.2) is 8.42 Å². The molecule has 1 aromatic carbocycles. The second-order valence-electron chi connectivity index (χ2n) is 5.51. The predicted molar refractivity (Wildman–Crippen MR) is 80.8 cm³/mol. The molecule has 22 heavy (non-hydrogen) atoms. The van der Waals surface area contributed by atoms with Gasteiger partial charge in [0.1, 0.15) is 5.75 Å². The van der Waals surface area contributed by atoms with Crippen LogP contribution in [-0.4, -0.2) is 44.0 Å². The molecule has 0 radical (unpaired) electrons. The molecule has 0 unspecified atom stereocenters. The van der Waals surface area contributed by atoms with Crippen LogP contribution in [0.5, 0.6) is 5.75 Å². The number of hydrogen-bond donors (Lipinski definition) is 0. The summed E-state index contributed by atoms with van der Waals surface area (Å²) in [5.41, 5.74) is 0.653. The highest BCUT2D eigenvalue weighted by atomic mass is 32.2. The lowest BCUT2D eigenvalue weighted by Crippen LogP contribution is -2.36. The minimum absolute atomic E-state index is 0.0513. The summed E-state index contributed by atoms with van der Waals surface area (Å²) in [5.74, 6) is 0.497. The van der Waals surface area contributed by atoms with Gasteiger partial charge in [-0.2, -0.15) is 8.78 Å². The summed E-state index contributed by atoms with van der Waals surface area (Å²) in [7, 11) is -2.97. The van der Waals surface area contributed by atoms with Gasteiger partial charge < -0.3 is 4.74 Å². The summed E-state index contributed by atoms with van der Waals surface area (Å²) in [5, 5.41) is 0. The van der Waals surface area contributed by atoms with Gasteiger partial charge in [0.25, 0.3) is 0 Å². The lowest BCUT2D eigenvalue weighted by molar-refractivity contribution is -0.0508. The lowest BCUT2D eigenvalue weighted by atomic mass is 10.1. The first-order valence-electron chi connectivity index (χ1n) is 7.38. The summed E-state index contributed by atoms with van der Waals surface area (Å²) in [6.07, 6.45) is 1.47. The fourth-order valence-corrected chi connectivity index (χ4v) is 4.57. The van der Waals surface area contributed by atoms with Crippen molar-refractivity contribution in [2.75, 3.05) is 18.1 Å². The number of benzene rings is 1. The zero-order valence-corrected chi connectivity index (χ0v) is 13.4. The third-order valence-corrected chi connectivity index (χ3v) is 5.55. The largest absolute Gasteiger partial charge is 0.434 e. The standard InChI is InChI=1S/C15H21F2NO3S/c1-2-8-18(13-7-9-22(19,20)11-13)10-12-5-3-4-6-14(12)21-15(16)17/h3-6,13,15H,2,7-11H2,1H3/t13-/m1/s1. The van der Waals surface area contributed by atoms with E-state index in [0.29, 0.717) is 18.5 Å². The van der Waals surface area contributed by atoms with Gasteiger partial charge in [-0.15, -0.1) is 0 Å². The van der Waals surface area contributed by atoms with Crippen LogP contribution in [0.3, 0.4) is 0 Å². The van der Waals surface area contributed by atoms with E-state index in [1.54, 1.807) is 18.2 Å². The number of halogens is 2. The molecule has 0 aliphatic carbocycles. The van der Waals surface area contributed by atoms with Crippen LogP contribution < -0.4 is 4.74 Å². The van der Waals surface area contributed by atoms with Gasteiger partial charge in [-0.1, -0.05) is 25.1 Å². The van der Waals surface area contributed by atoms with E-state index in [1.165, 1.54) is 6.07 Å². The summed E-state index contributed by atoms with van der Waals surface area (Å²) < 4.78 is 52.8. The van der Waals surface area contributed by atoms with Crippen molar-refractivity contribution in [2.45, 2.75) is 39.0 Å². The summed E-state index contributed by atoms with van der Waals surface area (Å²) >= 11 is 0. The topological polar surface area (TPSA) is 46.6 Å². The fourth-order valence-electron chi connectivity index (χ4n) is 2.81. The molecule has 1 aromatic rings. The number of alkyl halides is 2. The van der Waals surface area contributed by atoms with Crippen LogP contribution in [0.25, 0.3) is 0 Å². The minimum atomic E-state index is -2.97. The van der Waals surface area contributed by atoms with Crippen LogP contribution in [0.15, 0.2) is 24.3 Å². The maximum Gasteiger partial charge on any atom is 0.387 e. The highest BCUT2D eigenvalue weighted by molar-refractivity contribution is 7.91. The van der Waals surface area contributed by atoms with Crippen molar-refractivity contribution in [2.24, 2.45) is 0 Å². The number of ether oxygens (including phenoxy) is 1. The maximum atomic E-state index is 12.5. The second-order valence-corrected chi connectivity index (χ2v) is 7.74. The molecule has 1 aliphatic rings. The van der Waals surface area contributed by atoms with E-state index in [-0.39, 0.29) is 23.3 Å². The third-order valence-electron chi connectivity index (χ3n) is 3.80. The first-order valence-corrected chi connectivity index (χ1v) is 9.20. The van der Waals surface area contributed by atoms with Gasteiger partial charge in [0, 0.05) is 18.2 Å². The van der Waals surface area contributed by atoms with E-state index in [4.69, 9.17) is 0 Å². The van der Waals surface area contributed by atoms with Gasteiger partial charge in [-0.05, 0) is 25.5 Å². The Labute approximate surface area is 130 Å². The smallest absolute Gasteiger partial charge is 0.387 e. The second kappa shape index (κ2) is 7.37. The Morgan fingerprint density at radius 1 is 1.36 bits per heavy atom. The van der Waals surface area contributed by atoms with Crippen LogP contribution in [0.2, 0.25) is 0 Å². The predicted octanol–water partition coefficient (Wildman–Crippen LogP) is 2.69. The van der Waals surface area contributed by atoms with Crippen LogP contribution in [0, 0.1) is 0 Å². The molecule has 1 fully saturated rings. The Morgan fingerprint density at radius 2 is 2.09 bits per heavy atom. The Morgan fingerprint density at radius 3 is 2.68 bits per heavy atom. The molecule has 0 amide bonds. The zero-order valence-electron chi connectivity index (χ0n) is 12.5. The molecule has 7 heteroatoms. The Bertz CT molecular complexity index is 592. The van der Waals surface area contributed by atoms with Crippen LogP contribution >= 0.6 is 0 Å². The first-order chi connectivity index (χ1) is 10.4. The van der Waals surface area contributed by atoms with Crippen molar-refractivity contribution in [3.05, 3.63) is 29.8 Å². The Kier molecular flexibility index (Phi) is 5.74. The molecule has 0 saturated carbocycles. The summed E-state index contributed by atoms with van der Waals surface area (Å²) in [6.45, 7) is 0.283. The van der Waals surface area contributed by atoms with Gasteiger partial charge in [-0.3, -0.25) is 4.90 Å². The maximum absolute atomic E-state index is 12.5. The van der Waals surface area contributed by atoms with Crippen LogP contribution in [0.1, 0.15) is 25.3 Å². The van der Waals surface area contributed by atoms with E-state index in [9.17, 15) is 17.2 Å². The number of hydrogen-bond acceptors (Lipinski definition) is 4. The van der Waals surface area contributed by atoms with Gasteiger partial charge in [0.15, 0.2) is 9.84 Å². The molecule has 1 atom stereocenters. The molecule has 1 heterocycles. The van der Waals surface area contributed by atoms with E-state index in [0.717, 1.165) is 13.0 Å². The number of sulfone groups is 1. The third kappa shape index (κ3) is 4.64. The highest BCUT2D eigenvalue weighted by Gasteiger charge is 2.32. The molecule has 0 N–H and O–H groups in total. The van der Waals surface area contributed by atoms with Gasteiger partial charge in [0.05, 0.1) is 11.5 Å². The molecular weight excluding hydrogens is 312 g/mol. The molecule has 0 spiro atoms. The van der Waals surface area contributed by atoms with Crippen molar-refractivity contribution in [3.63, 3.8) is 0 Å². The summed E-state index contributed by atoms with van der Waals surface area (Å²) in [4.78, 5) is 2.05. The lowest BCUT2D eigenvalue weighted by Gasteiger charge is -2.28. The van der Waals surface area contributed by atoms with Crippen molar-refractivity contribution in [1.29, 1.82) is 0 Å². The number of para-hydroxylation sites is 1. The normalized spacial score (nSPS) is 20.7. The first kappa shape index (κ1) is 17.1. The van der Waals surface area contributed by atoms with E-state index < -0.39 is 16.4 Å². The molecule has 1 aliphatic heterocycles. The minimum Gasteiger partial charge on any atom is -0.434 e. The van der Waals surface area contributed by atoms with E-state index >= 15 is 0 Å². The fraction of sp³-hybridized carbons (Fsp3) is 0.600. The molecule has 1 saturated heterocycles. The molecule has 0 aromatic heterocycles. The van der Waals surface area contributed by atoms with Crippen molar-refractivity contribution in [3.8, 4) is 5.75 Å². The number of rotatable bonds is 7. The zero-order chi connectivity index (χ0) is 16.2. The Hall–Kier alpha value is -1.21. The SMILES string of the molecule is CCCN(Cc1ccccc1OC(F)F)[C@@H]1CCS(=O)(=O)C1. The van der Waals surface area contributed by atoms with Crippen molar-refractivity contribution >= 4 is 9.84 Å². The van der Waals surface area contributed by atoms with Gasteiger partial charge in [0.2, 0.25) is 0 Å². The molecule has 4 nitrogen and oxygen atoms in total. The number of nitrogens with zero attached hydrogens (tertiary/aromatic N) is 1. The monoisotopic (exact) mass is 333 g/mol. The van der Waals surface area contributed by atoms with Crippen LogP contribution in [0.4, 0.5) is 8.78 Å². The Balaban J connectivity index is 2.14. The van der Waals surface area contributed by atoms with Crippen molar-refractivity contribution in [1.82, 2.24) is 4.90 Å². The van der Waals surface area contributed by atoms with E-state index in [1.807, 2.05) is 6.92 Å². The quantitative estimate of drug-likeness (QED) is 0.770. The van der Waals surface area contributed by atoms with E-state index in [2.05, 4.69) is 9.64 Å². The highest BCUT2D eigenvalue weighted by Crippen LogP contribution is 2.25. The van der Waals surface area contributed by atoms with Gasteiger partial charge >= 0.3 is 6.61 Å². The van der Waals surface area contributed by atoms with Crippen molar-refractivity contribution < 1.29 is 21.9 Å². The average molecular weight is 333 g/mol. The molecule has 124 valence electrons. The van der Waals surface area contributed by atoms with Crippen LogP contribution in [-0.2, 0) is 16.4 Å².